The zero-order valence-corrected chi connectivity index (χ0v) is 10.4. The second-order valence-corrected chi connectivity index (χ2v) is 5.16. The Bertz CT molecular complexity index is 160. The van der Waals surface area contributed by atoms with E-state index in [1.807, 2.05) is 0 Å². The third kappa shape index (κ3) is 3.43. The van der Waals surface area contributed by atoms with Gasteiger partial charge in [0.2, 0.25) is 0 Å². The van der Waals surface area contributed by atoms with Crippen molar-refractivity contribution in [2.24, 2.45) is 5.92 Å². The van der Waals surface area contributed by atoms with Crippen LogP contribution < -0.4 is 5.32 Å². The Balaban J connectivity index is 2.39. The minimum atomic E-state index is 0.258. The lowest BCUT2D eigenvalue weighted by molar-refractivity contribution is 0.209. The smallest absolute Gasteiger partial charge is 0.0406 e. The van der Waals surface area contributed by atoms with Crippen molar-refractivity contribution >= 4 is 11.6 Å². The summed E-state index contributed by atoms with van der Waals surface area (Å²) in [7, 11) is 0. The topological polar surface area (TPSA) is 12.0 Å². The quantitative estimate of drug-likeness (QED) is 0.549. The van der Waals surface area contributed by atoms with Gasteiger partial charge in [-0.2, -0.15) is 0 Å². The van der Waals surface area contributed by atoms with Crippen LogP contribution in [0.2, 0.25) is 0 Å². The largest absolute Gasteiger partial charge is 0.310 e. The third-order valence-corrected chi connectivity index (χ3v) is 3.89. The second kappa shape index (κ2) is 5.97. The molecular weight excluding hydrogens is 194 g/mol. The second-order valence-electron chi connectivity index (χ2n) is 4.90. The summed E-state index contributed by atoms with van der Waals surface area (Å²) in [5.41, 5.74) is 0.258. The van der Waals surface area contributed by atoms with E-state index in [4.69, 9.17) is 11.6 Å². The number of hydrogen-bond donors (Lipinski definition) is 1. The molecule has 1 N–H and O–H groups in total. The van der Waals surface area contributed by atoms with Crippen LogP contribution in [0, 0.1) is 5.92 Å². The van der Waals surface area contributed by atoms with Gasteiger partial charge in [0.05, 0.1) is 0 Å². The van der Waals surface area contributed by atoms with Crippen molar-refractivity contribution in [1.82, 2.24) is 5.32 Å². The third-order valence-electron chi connectivity index (χ3n) is 3.38. The minimum absolute atomic E-state index is 0.258. The van der Waals surface area contributed by atoms with Crippen molar-refractivity contribution in [3.05, 3.63) is 0 Å². The monoisotopic (exact) mass is 217 g/mol. The first-order valence-electron chi connectivity index (χ1n) is 6.03. The maximum absolute atomic E-state index is 6.12. The molecule has 0 amide bonds. The highest BCUT2D eigenvalue weighted by Crippen LogP contribution is 2.33. The number of nitrogens with one attached hydrogen (secondary N) is 1. The zero-order valence-electron chi connectivity index (χ0n) is 9.61. The summed E-state index contributed by atoms with van der Waals surface area (Å²) in [5, 5.41) is 3.68. The lowest BCUT2D eigenvalue weighted by Crippen LogP contribution is -2.50. The van der Waals surface area contributed by atoms with Crippen molar-refractivity contribution in [2.45, 2.75) is 57.9 Å². The standard InChI is InChI=1S/C12H24ClN/c1-3-4-8-14-12(10-13)7-5-6-11(2)9-12/h11,14H,3-10H2,1-2H3. The molecule has 0 radical (unpaired) electrons. The SMILES string of the molecule is CCCCNC1(CCl)CCCC(C)C1. The van der Waals surface area contributed by atoms with Crippen LogP contribution in [-0.2, 0) is 0 Å². The van der Waals surface area contributed by atoms with Crippen LogP contribution in [0.25, 0.3) is 0 Å². The summed E-state index contributed by atoms with van der Waals surface area (Å²) >= 11 is 6.12. The first-order chi connectivity index (χ1) is 6.72. The maximum atomic E-state index is 6.12. The maximum Gasteiger partial charge on any atom is 0.0406 e. The highest BCUT2D eigenvalue weighted by molar-refractivity contribution is 6.18. The zero-order chi connectivity index (χ0) is 10.4. The van der Waals surface area contributed by atoms with Gasteiger partial charge < -0.3 is 5.32 Å². The molecular formula is C12H24ClN. The molecule has 0 aliphatic heterocycles. The molecule has 0 aromatic heterocycles. The van der Waals surface area contributed by atoms with Gasteiger partial charge >= 0.3 is 0 Å². The predicted molar refractivity (Wildman–Crippen MR) is 64.0 cm³/mol. The van der Waals surface area contributed by atoms with Crippen LogP contribution in [0.4, 0.5) is 0 Å². The van der Waals surface area contributed by atoms with Gasteiger partial charge in [0.1, 0.15) is 0 Å². The van der Waals surface area contributed by atoms with Crippen molar-refractivity contribution < 1.29 is 0 Å². The predicted octanol–water partition coefficient (Wildman–Crippen LogP) is 3.56. The molecule has 2 atom stereocenters. The Hall–Kier alpha value is 0.250. The molecule has 0 heterocycles. The number of unbranched alkanes of at least 4 members (excludes halogenated alkanes) is 1. The fraction of sp³-hybridized carbons (Fsp3) is 1.00. The number of rotatable bonds is 5. The van der Waals surface area contributed by atoms with Crippen LogP contribution in [0.15, 0.2) is 0 Å². The van der Waals surface area contributed by atoms with Crippen LogP contribution >= 0.6 is 11.6 Å². The Morgan fingerprint density at radius 1 is 1.50 bits per heavy atom. The van der Waals surface area contributed by atoms with Gasteiger partial charge in [0.25, 0.3) is 0 Å². The van der Waals surface area contributed by atoms with Crippen molar-refractivity contribution in [3.8, 4) is 0 Å². The van der Waals surface area contributed by atoms with E-state index in [2.05, 4.69) is 19.2 Å². The molecule has 1 fully saturated rings. The van der Waals surface area contributed by atoms with E-state index in [0.29, 0.717) is 0 Å². The average molecular weight is 218 g/mol. The van der Waals surface area contributed by atoms with Crippen molar-refractivity contribution in [1.29, 1.82) is 0 Å². The highest BCUT2D eigenvalue weighted by Gasteiger charge is 2.33. The van der Waals surface area contributed by atoms with E-state index >= 15 is 0 Å². The van der Waals surface area contributed by atoms with E-state index in [1.165, 1.54) is 38.5 Å². The van der Waals surface area contributed by atoms with E-state index in [1.54, 1.807) is 0 Å². The number of hydrogen-bond acceptors (Lipinski definition) is 1. The Morgan fingerprint density at radius 3 is 2.86 bits per heavy atom. The van der Waals surface area contributed by atoms with Crippen LogP contribution in [0.3, 0.4) is 0 Å². The van der Waals surface area contributed by atoms with Crippen molar-refractivity contribution in [3.63, 3.8) is 0 Å². The first kappa shape index (κ1) is 12.3. The molecule has 1 rings (SSSR count). The lowest BCUT2D eigenvalue weighted by atomic mass is 9.77. The van der Waals surface area contributed by atoms with Crippen LogP contribution in [0.1, 0.15) is 52.4 Å². The summed E-state index contributed by atoms with van der Waals surface area (Å²) in [6.45, 7) is 5.72. The Labute approximate surface area is 93.6 Å². The van der Waals surface area contributed by atoms with Crippen LogP contribution in [0.5, 0.6) is 0 Å². The van der Waals surface area contributed by atoms with Crippen LogP contribution in [-0.4, -0.2) is 18.0 Å². The minimum Gasteiger partial charge on any atom is -0.310 e. The molecule has 0 saturated heterocycles. The van der Waals surface area contributed by atoms with E-state index in [-0.39, 0.29) is 5.54 Å². The Morgan fingerprint density at radius 2 is 2.29 bits per heavy atom. The molecule has 0 spiro atoms. The lowest BCUT2D eigenvalue weighted by Gasteiger charge is -2.39. The summed E-state index contributed by atoms with van der Waals surface area (Å²) in [5.74, 6) is 1.62. The molecule has 84 valence electrons. The molecule has 2 heteroatoms. The highest BCUT2D eigenvalue weighted by atomic mass is 35.5. The van der Waals surface area contributed by atoms with Gasteiger partial charge in [-0.15, -0.1) is 11.6 Å². The molecule has 0 aromatic carbocycles. The van der Waals surface area contributed by atoms with Gasteiger partial charge in [0.15, 0.2) is 0 Å². The molecule has 1 aliphatic rings. The van der Waals surface area contributed by atoms with Gasteiger partial charge in [-0.1, -0.05) is 33.1 Å². The van der Waals surface area contributed by atoms with Gasteiger partial charge in [0, 0.05) is 11.4 Å². The van der Waals surface area contributed by atoms with Crippen molar-refractivity contribution in [2.75, 3.05) is 12.4 Å². The fourth-order valence-corrected chi connectivity index (χ4v) is 2.86. The molecule has 14 heavy (non-hydrogen) atoms. The van der Waals surface area contributed by atoms with E-state index < -0.39 is 0 Å². The van der Waals surface area contributed by atoms with Gasteiger partial charge in [-0.25, -0.2) is 0 Å². The summed E-state index contributed by atoms with van der Waals surface area (Å²) in [6.07, 6.45) is 7.79. The number of halogens is 1. The van der Waals surface area contributed by atoms with Gasteiger partial charge in [-0.05, 0) is 31.7 Å². The summed E-state index contributed by atoms with van der Waals surface area (Å²) in [4.78, 5) is 0. The fourth-order valence-electron chi connectivity index (χ4n) is 2.52. The van der Waals surface area contributed by atoms with E-state index in [9.17, 15) is 0 Å². The Kier molecular flexibility index (Phi) is 5.25. The van der Waals surface area contributed by atoms with Gasteiger partial charge in [-0.3, -0.25) is 0 Å². The normalized spacial score (nSPS) is 33.2. The molecule has 0 aromatic rings. The number of alkyl halides is 1. The van der Waals surface area contributed by atoms with E-state index in [0.717, 1.165) is 18.3 Å². The molecule has 2 unspecified atom stereocenters. The molecule has 1 aliphatic carbocycles. The molecule has 0 bridgehead atoms. The average Bonchev–Trinajstić information content (AvgIpc) is 2.18. The molecule has 1 nitrogen and oxygen atoms in total. The first-order valence-corrected chi connectivity index (χ1v) is 6.57. The summed E-state index contributed by atoms with van der Waals surface area (Å²) < 4.78 is 0. The summed E-state index contributed by atoms with van der Waals surface area (Å²) in [6, 6.07) is 0. The molecule has 1 saturated carbocycles.